The molecule has 0 aromatic carbocycles. The van der Waals surface area contributed by atoms with Crippen molar-refractivity contribution < 1.29 is 4.79 Å². The van der Waals surface area contributed by atoms with Gasteiger partial charge in [0.05, 0.1) is 5.56 Å². The van der Waals surface area contributed by atoms with E-state index in [1.54, 1.807) is 6.20 Å². The van der Waals surface area contributed by atoms with Crippen LogP contribution in [0.3, 0.4) is 0 Å². The number of hydrogen-bond acceptors (Lipinski definition) is 3. The molecule has 4 nitrogen and oxygen atoms in total. The molecule has 1 heterocycles. The van der Waals surface area contributed by atoms with Gasteiger partial charge in [0.2, 0.25) is 0 Å². The molecular formula is C15H23N3O. The van der Waals surface area contributed by atoms with Gasteiger partial charge in [-0.3, -0.25) is 4.79 Å². The van der Waals surface area contributed by atoms with E-state index in [2.05, 4.69) is 29.5 Å². The van der Waals surface area contributed by atoms with Gasteiger partial charge >= 0.3 is 0 Å². The Bertz CT molecular complexity index is 412. The van der Waals surface area contributed by atoms with E-state index in [1.165, 1.54) is 12.8 Å². The Labute approximate surface area is 115 Å². The normalized spacial score (nSPS) is 15.9. The van der Waals surface area contributed by atoms with Crippen molar-refractivity contribution in [2.24, 2.45) is 11.8 Å². The average Bonchev–Trinajstić information content (AvgIpc) is 3.27. The molecule has 1 aliphatic carbocycles. The standard InChI is InChI=1S/C15H23N3O/c1-3-8-16-14-7-6-13(10-17-14)15(19)18-9-11(2)12-4-5-12/h6-7,10-12H,3-5,8-9H2,1-2H3,(H,16,17)(H,18,19). The molecule has 1 atom stereocenters. The van der Waals surface area contributed by atoms with Gasteiger partial charge in [-0.25, -0.2) is 4.98 Å². The molecule has 1 saturated carbocycles. The van der Waals surface area contributed by atoms with Gasteiger partial charge in [0.25, 0.3) is 5.91 Å². The fourth-order valence-electron chi connectivity index (χ4n) is 2.07. The zero-order valence-electron chi connectivity index (χ0n) is 11.8. The molecule has 19 heavy (non-hydrogen) atoms. The predicted molar refractivity (Wildman–Crippen MR) is 77.2 cm³/mol. The summed E-state index contributed by atoms with van der Waals surface area (Å²) in [5, 5.41) is 6.17. The minimum atomic E-state index is -0.0259. The molecule has 1 fully saturated rings. The van der Waals surface area contributed by atoms with Gasteiger partial charge in [0.1, 0.15) is 5.82 Å². The molecule has 1 aliphatic rings. The van der Waals surface area contributed by atoms with Crippen LogP contribution in [0.15, 0.2) is 18.3 Å². The molecular weight excluding hydrogens is 238 g/mol. The Balaban J connectivity index is 1.81. The summed E-state index contributed by atoms with van der Waals surface area (Å²) in [6, 6.07) is 3.68. The lowest BCUT2D eigenvalue weighted by Gasteiger charge is -2.11. The first-order chi connectivity index (χ1) is 9.20. The second kappa shape index (κ2) is 6.55. The van der Waals surface area contributed by atoms with Crippen LogP contribution >= 0.6 is 0 Å². The van der Waals surface area contributed by atoms with Crippen LogP contribution in [0.4, 0.5) is 5.82 Å². The number of carbonyl (C=O) groups excluding carboxylic acids is 1. The number of pyridine rings is 1. The molecule has 0 bridgehead atoms. The maximum absolute atomic E-state index is 11.9. The molecule has 1 aromatic heterocycles. The van der Waals surface area contributed by atoms with Gasteiger partial charge in [-0.2, -0.15) is 0 Å². The van der Waals surface area contributed by atoms with E-state index in [9.17, 15) is 4.79 Å². The molecule has 104 valence electrons. The third-order valence-corrected chi connectivity index (χ3v) is 3.59. The summed E-state index contributed by atoms with van der Waals surface area (Å²) in [5.41, 5.74) is 0.630. The number of rotatable bonds is 7. The van der Waals surface area contributed by atoms with Crippen molar-refractivity contribution in [2.45, 2.75) is 33.1 Å². The molecule has 2 N–H and O–H groups in total. The minimum Gasteiger partial charge on any atom is -0.370 e. The highest BCUT2D eigenvalue weighted by Gasteiger charge is 2.27. The molecule has 0 radical (unpaired) electrons. The summed E-state index contributed by atoms with van der Waals surface area (Å²) in [7, 11) is 0. The van der Waals surface area contributed by atoms with E-state index in [0.717, 1.165) is 31.2 Å². The average molecular weight is 261 g/mol. The quantitative estimate of drug-likeness (QED) is 0.793. The third-order valence-electron chi connectivity index (χ3n) is 3.59. The van der Waals surface area contributed by atoms with Crippen LogP contribution in [0.25, 0.3) is 0 Å². The molecule has 1 amide bonds. The van der Waals surface area contributed by atoms with Gasteiger partial charge in [0, 0.05) is 19.3 Å². The lowest BCUT2D eigenvalue weighted by atomic mass is 10.1. The highest BCUT2D eigenvalue weighted by Crippen LogP contribution is 2.36. The van der Waals surface area contributed by atoms with Crippen molar-refractivity contribution in [1.29, 1.82) is 0 Å². The second-order valence-electron chi connectivity index (χ2n) is 5.38. The van der Waals surface area contributed by atoms with Crippen LogP contribution in [0.2, 0.25) is 0 Å². The highest BCUT2D eigenvalue weighted by molar-refractivity contribution is 5.94. The van der Waals surface area contributed by atoms with Crippen molar-refractivity contribution >= 4 is 11.7 Å². The van der Waals surface area contributed by atoms with Crippen molar-refractivity contribution in [3.8, 4) is 0 Å². The largest absolute Gasteiger partial charge is 0.370 e. The summed E-state index contributed by atoms with van der Waals surface area (Å²) in [6.45, 7) is 5.97. The Kier molecular flexibility index (Phi) is 4.77. The molecule has 4 heteroatoms. The van der Waals surface area contributed by atoms with Gasteiger partial charge in [-0.1, -0.05) is 13.8 Å². The Morgan fingerprint density at radius 1 is 1.47 bits per heavy atom. The summed E-state index contributed by atoms with van der Waals surface area (Å²) in [6.07, 6.45) is 5.32. The number of amides is 1. The van der Waals surface area contributed by atoms with E-state index in [4.69, 9.17) is 0 Å². The number of anilines is 1. The summed E-state index contributed by atoms with van der Waals surface area (Å²) < 4.78 is 0. The van der Waals surface area contributed by atoms with Gasteiger partial charge in [0.15, 0.2) is 0 Å². The first kappa shape index (κ1) is 13.8. The first-order valence-electron chi connectivity index (χ1n) is 7.18. The zero-order chi connectivity index (χ0) is 13.7. The van der Waals surface area contributed by atoms with Gasteiger partial charge in [-0.15, -0.1) is 0 Å². The fraction of sp³-hybridized carbons (Fsp3) is 0.600. The van der Waals surface area contributed by atoms with Crippen LogP contribution < -0.4 is 10.6 Å². The molecule has 0 spiro atoms. The van der Waals surface area contributed by atoms with Crippen LogP contribution in [-0.4, -0.2) is 24.0 Å². The van der Waals surface area contributed by atoms with E-state index >= 15 is 0 Å². The van der Waals surface area contributed by atoms with E-state index in [0.29, 0.717) is 11.5 Å². The number of nitrogens with one attached hydrogen (secondary N) is 2. The second-order valence-corrected chi connectivity index (χ2v) is 5.38. The van der Waals surface area contributed by atoms with Crippen LogP contribution in [-0.2, 0) is 0 Å². The topological polar surface area (TPSA) is 54.0 Å². The molecule has 1 unspecified atom stereocenters. The predicted octanol–water partition coefficient (Wildman–Crippen LogP) is 2.68. The summed E-state index contributed by atoms with van der Waals surface area (Å²) >= 11 is 0. The Morgan fingerprint density at radius 2 is 2.26 bits per heavy atom. The molecule has 1 aromatic rings. The third kappa shape index (κ3) is 4.23. The number of aromatic nitrogens is 1. The van der Waals surface area contributed by atoms with Crippen LogP contribution in [0.5, 0.6) is 0 Å². The van der Waals surface area contributed by atoms with Crippen LogP contribution in [0.1, 0.15) is 43.5 Å². The SMILES string of the molecule is CCCNc1ccc(C(=O)NCC(C)C2CC2)cn1. The monoisotopic (exact) mass is 261 g/mol. The van der Waals surface area contributed by atoms with E-state index < -0.39 is 0 Å². The van der Waals surface area contributed by atoms with Crippen LogP contribution in [0, 0.1) is 11.8 Å². The number of nitrogens with zero attached hydrogens (tertiary/aromatic N) is 1. The summed E-state index contributed by atoms with van der Waals surface area (Å²) in [5.74, 6) is 2.20. The van der Waals surface area contributed by atoms with Gasteiger partial charge < -0.3 is 10.6 Å². The van der Waals surface area contributed by atoms with E-state index in [1.807, 2.05) is 12.1 Å². The Morgan fingerprint density at radius 3 is 2.84 bits per heavy atom. The smallest absolute Gasteiger partial charge is 0.252 e. The lowest BCUT2D eigenvalue weighted by Crippen LogP contribution is -2.29. The van der Waals surface area contributed by atoms with Crippen molar-refractivity contribution in [2.75, 3.05) is 18.4 Å². The first-order valence-corrected chi connectivity index (χ1v) is 7.18. The zero-order valence-corrected chi connectivity index (χ0v) is 11.8. The highest BCUT2D eigenvalue weighted by atomic mass is 16.1. The Hall–Kier alpha value is -1.58. The van der Waals surface area contributed by atoms with Crippen molar-refractivity contribution in [3.63, 3.8) is 0 Å². The maximum Gasteiger partial charge on any atom is 0.252 e. The van der Waals surface area contributed by atoms with Crippen molar-refractivity contribution in [3.05, 3.63) is 23.9 Å². The minimum absolute atomic E-state index is 0.0259. The fourth-order valence-corrected chi connectivity index (χ4v) is 2.07. The summed E-state index contributed by atoms with van der Waals surface area (Å²) in [4.78, 5) is 16.2. The van der Waals surface area contributed by atoms with E-state index in [-0.39, 0.29) is 5.91 Å². The molecule has 2 rings (SSSR count). The lowest BCUT2D eigenvalue weighted by molar-refractivity contribution is 0.0946. The molecule has 0 aliphatic heterocycles. The number of hydrogen-bond donors (Lipinski definition) is 2. The number of carbonyl (C=O) groups is 1. The van der Waals surface area contributed by atoms with Gasteiger partial charge in [-0.05, 0) is 43.2 Å². The molecule has 0 saturated heterocycles. The maximum atomic E-state index is 11.9. The van der Waals surface area contributed by atoms with Crippen molar-refractivity contribution in [1.82, 2.24) is 10.3 Å².